The number of carbonyl (C=O) groups excluding carboxylic acids is 3. The number of carbonyl (C=O) groups is 3. The molecule has 8 heteroatoms. The van der Waals surface area contributed by atoms with Crippen molar-refractivity contribution in [3.63, 3.8) is 0 Å². The third kappa shape index (κ3) is 5.22. The first-order chi connectivity index (χ1) is 14.0. The number of hydrogen-bond donors (Lipinski definition) is 2. The molecule has 0 unspecified atom stereocenters. The van der Waals surface area contributed by atoms with E-state index in [4.69, 9.17) is 11.6 Å². The van der Waals surface area contributed by atoms with Gasteiger partial charge in [0.1, 0.15) is 0 Å². The third-order valence-corrected chi connectivity index (χ3v) is 5.30. The van der Waals surface area contributed by atoms with E-state index in [0.717, 1.165) is 5.56 Å². The number of rotatable bonds is 6. The number of anilines is 1. The van der Waals surface area contributed by atoms with Gasteiger partial charge >= 0.3 is 5.97 Å². The molecule has 29 heavy (non-hydrogen) atoms. The van der Waals surface area contributed by atoms with Gasteiger partial charge in [0.2, 0.25) is 0 Å². The molecule has 0 aliphatic heterocycles. The van der Waals surface area contributed by atoms with Crippen LogP contribution in [0.15, 0.2) is 60.7 Å². The maximum atomic E-state index is 12.6. The first-order valence-electron chi connectivity index (χ1n) is 8.59. The van der Waals surface area contributed by atoms with E-state index in [0.29, 0.717) is 26.0 Å². The summed E-state index contributed by atoms with van der Waals surface area (Å²) in [7, 11) is 1.30. The zero-order valence-corrected chi connectivity index (χ0v) is 17.0. The number of benzene rings is 2. The Morgan fingerprint density at radius 1 is 0.931 bits per heavy atom. The largest absolute Gasteiger partial charge is 0.465 e. The zero-order valence-electron chi connectivity index (χ0n) is 15.4. The molecule has 2 N–H and O–H groups in total. The maximum Gasteiger partial charge on any atom is 0.337 e. The number of amides is 2. The number of halogens is 1. The van der Waals surface area contributed by atoms with Gasteiger partial charge < -0.3 is 15.4 Å². The number of thiophene rings is 1. The lowest BCUT2D eigenvalue weighted by atomic mass is 10.1. The summed E-state index contributed by atoms with van der Waals surface area (Å²) < 4.78 is 5.19. The molecule has 3 aromatic rings. The predicted octanol–water partition coefficient (Wildman–Crippen LogP) is 4.37. The maximum absolute atomic E-state index is 12.6. The summed E-state index contributed by atoms with van der Waals surface area (Å²) in [6.07, 6.45) is 0. The van der Waals surface area contributed by atoms with Crippen LogP contribution in [-0.4, -0.2) is 24.9 Å². The fourth-order valence-corrected chi connectivity index (χ4v) is 3.52. The molecule has 0 saturated heterocycles. The highest BCUT2D eigenvalue weighted by Gasteiger charge is 2.13. The average Bonchev–Trinajstić information content (AvgIpc) is 3.18. The molecule has 2 aromatic carbocycles. The van der Waals surface area contributed by atoms with Gasteiger partial charge in [-0.1, -0.05) is 29.8 Å². The van der Waals surface area contributed by atoms with Crippen LogP contribution < -0.4 is 10.6 Å². The topological polar surface area (TPSA) is 84.5 Å². The van der Waals surface area contributed by atoms with E-state index in [1.54, 1.807) is 36.4 Å². The van der Waals surface area contributed by atoms with E-state index in [9.17, 15) is 14.4 Å². The van der Waals surface area contributed by atoms with Gasteiger partial charge in [-0.25, -0.2) is 4.79 Å². The van der Waals surface area contributed by atoms with Gasteiger partial charge in [0, 0.05) is 17.8 Å². The number of ether oxygens (including phenoxy) is 1. The van der Waals surface area contributed by atoms with Gasteiger partial charge in [-0.2, -0.15) is 0 Å². The van der Waals surface area contributed by atoms with Crippen LogP contribution in [0.5, 0.6) is 0 Å². The smallest absolute Gasteiger partial charge is 0.337 e. The van der Waals surface area contributed by atoms with Gasteiger partial charge in [-0.3, -0.25) is 9.59 Å². The van der Waals surface area contributed by atoms with E-state index >= 15 is 0 Å². The molecule has 0 bridgehead atoms. The van der Waals surface area contributed by atoms with Crippen molar-refractivity contribution in [2.45, 2.75) is 6.54 Å². The summed E-state index contributed by atoms with van der Waals surface area (Å²) in [5, 5.41) is 5.65. The monoisotopic (exact) mass is 428 g/mol. The Kier molecular flexibility index (Phi) is 6.64. The first-order valence-corrected chi connectivity index (χ1v) is 9.78. The predicted molar refractivity (Wildman–Crippen MR) is 113 cm³/mol. The number of hydrogen-bond acceptors (Lipinski definition) is 5. The molecule has 0 atom stereocenters. The highest BCUT2D eigenvalue weighted by molar-refractivity contribution is 7.17. The lowest BCUT2D eigenvalue weighted by Crippen LogP contribution is -2.23. The Bertz CT molecular complexity index is 1050. The fraction of sp³-hybridized carbons (Fsp3) is 0.0952. The Labute approximate surface area is 176 Å². The molecule has 1 heterocycles. The number of para-hydroxylation sites is 1. The molecule has 0 aliphatic rings. The van der Waals surface area contributed by atoms with Crippen LogP contribution in [-0.2, 0) is 11.3 Å². The van der Waals surface area contributed by atoms with E-state index in [1.165, 1.54) is 30.6 Å². The summed E-state index contributed by atoms with van der Waals surface area (Å²) in [6, 6.07) is 16.7. The zero-order chi connectivity index (χ0) is 20.8. The van der Waals surface area contributed by atoms with Crippen molar-refractivity contribution in [1.82, 2.24) is 5.32 Å². The molecular weight excluding hydrogens is 412 g/mol. The second kappa shape index (κ2) is 9.36. The molecule has 2 amide bonds. The van der Waals surface area contributed by atoms with Crippen LogP contribution in [0, 0.1) is 0 Å². The second-order valence-electron chi connectivity index (χ2n) is 5.97. The summed E-state index contributed by atoms with van der Waals surface area (Å²) in [4.78, 5) is 36.8. The summed E-state index contributed by atoms with van der Waals surface area (Å²) in [6.45, 7) is 0.242. The number of esters is 1. The fourth-order valence-electron chi connectivity index (χ4n) is 2.57. The van der Waals surface area contributed by atoms with Crippen molar-refractivity contribution in [1.29, 1.82) is 0 Å². The van der Waals surface area contributed by atoms with E-state index in [1.807, 2.05) is 12.1 Å². The number of nitrogens with one attached hydrogen (secondary N) is 2. The van der Waals surface area contributed by atoms with Crippen molar-refractivity contribution in [3.05, 3.63) is 86.6 Å². The van der Waals surface area contributed by atoms with Gasteiger partial charge in [-0.05, 0) is 48.0 Å². The average molecular weight is 429 g/mol. The van der Waals surface area contributed by atoms with Crippen LogP contribution in [0.1, 0.15) is 36.0 Å². The van der Waals surface area contributed by atoms with Crippen molar-refractivity contribution >= 4 is 46.4 Å². The molecule has 148 valence electrons. The lowest BCUT2D eigenvalue weighted by Gasteiger charge is -2.12. The lowest BCUT2D eigenvalue weighted by molar-refractivity contribution is 0.0600. The van der Waals surface area contributed by atoms with Crippen LogP contribution in [0.3, 0.4) is 0 Å². The minimum atomic E-state index is -0.468. The summed E-state index contributed by atoms with van der Waals surface area (Å²) in [5.41, 5.74) is 2.09. The molecular formula is C21H17ClN2O4S. The van der Waals surface area contributed by atoms with E-state index < -0.39 is 5.97 Å². The van der Waals surface area contributed by atoms with Crippen molar-refractivity contribution in [2.75, 3.05) is 12.4 Å². The van der Waals surface area contributed by atoms with Crippen LogP contribution in [0.2, 0.25) is 4.34 Å². The van der Waals surface area contributed by atoms with Gasteiger partial charge in [0.05, 0.1) is 21.9 Å². The van der Waals surface area contributed by atoms with Gasteiger partial charge in [0.15, 0.2) is 0 Å². The van der Waals surface area contributed by atoms with Crippen molar-refractivity contribution < 1.29 is 19.1 Å². The molecule has 0 saturated carbocycles. The molecule has 1 aromatic heterocycles. The summed E-state index contributed by atoms with van der Waals surface area (Å²) in [5.74, 6) is -1.03. The molecule has 0 spiro atoms. The molecule has 6 nitrogen and oxygen atoms in total. The third-order valence-electron chi connectivity index (χ3n) is 4.07. The standard InChI is InChI=1S/C21H17ClN2O4S/c1-28-21(27)14-8-6-13(7-9-14)19(25)24-16-5-3-2-4-15(16)12-23-20(26)17-10-11-18(22)29-17/h2-11H,12H2,1H3,(H,23,26)(H,24,25). The van der Waals surface area contributed by atoms with Gasteiger partial charge in [-0.15, -0.1) is 11.3 Å². The van der Waals surface area contributed by atoms with Crippen LogP contribution in [0.4, 0.5) is 5.69 Å². The van der Waals surface area contributed by atoms with Crippen LogP contribution >= 0.6 is 22.9 Å². The molecule has 3 rings (SSSR count). The highest BCUT2D eigenvalue weighted by atomic mass is 35.5. The van der Waals surface area contributed by atoms with E-state index in [2.05, 4.69) is 15.4 Å². The Balaban J connectivity index is 1.67. The minimum Gasteiger partial charge on any atom is -0.465 e. The Morgan fingerprint density at radius 2 is 1.62 bits per heavy atom. The SMILES string of the molecule is COC(=O)c1ccc(C(=O)Nc2ccccc2CNC(=O)c2ccc(Cl)s2)cc1. The van der Waals surface area contributed by atoms with E-state index in [-0.39, 0.29) is 18.4 Å². The summed E-state index contributed by atoms with van der Waals surface area (Å²) >= 11 is 7.06. The van der Waals surface area contributed by atoms with Crippen molar-refractivity contribution in [3.8, 4) is 0 Å². The quantitative estimate of drug-likeness (QED) is 0.571. The van der Waals surface area contributed by atoms with Crippen LogP contribution in [0.25, 0.3) is 0 Å². The molecule has 0 fully saturated rings. The first kappa shape index (κ1) is 20.6. The minimum absolute atomic E-state index is 0.235. The normalized spacial score (nSPS) is 10.3. The van der Waals surface area contributed by atoms with Gasteiger partial charge in [0.25, 0.3) is 11.8 Å². The second-order valence-corrected chi connectivity index (χ2v) is 7.68. The molecule has 0 radical (unpaired) electrons. The highest BCUT2D eigenvalue weighted by Crippen LogP contribution is 2.22. The van der Waals surface area contributed by atoms with Crippen molar-refractivity contribution in [2.24, 2.45) is 0 Å². The number of methoxy groups -OCH3 is 1. The Morgan fingerprint density at radius 3 is 2.28 bits per heavy atom. The molecule has 0 aliphatic carbocycles. The Hall–Kier alpha value is -3.16.